The van der Waals surface area contributed by atoms with Crippen molar-refractivity contribution in [3.8, 4) is 33.8 Å². The topological polar surface area (TPSA) is 310 Å². The summed E-state index contributed by atoms with van der Waals surface area (Å²) in [6, 6.07) is 13.8. The van der Waals surface area contributed by atoms with Gasteiger partial charge in [0.15, 0.2) is 16.9 Å². The lowest BCUT2D eigenvalue weighted by Crippen LogP contribution is -2.44. The molecule has 0 spiro atoms. The van der Waals surface area contributed by atoms with Crippen LogP contribution in [0.3, 0.4) is 0 Å². The Hall–Kier alpha value is -8.65. The van der Waals surface area contributed by atoms with Crippen LogP contribution in [0.15, 0.2) is 92.2 Å². The number of aromatic nitrogens is 15. The van der Waals surface area contributed by atoms with Gasteiger partial charge in [-0.3, -0.25) is 19.5 Å². The fourth-order valence-corrected chi connectivity index (χ4v) is 12.1. The van der Waals surface area contributed by atoms with Crippen LogP contribution < -0.4 is 16.4 Å². The predicted molar refractivity (Wildman–Crippen MR) is 357 cm³/mol. The van der Waals surface area contributed by atoms with E-state index in [-0.39, 0.29) is 35.8 Å². The molecule has 0 aliphatic carbocycles. The van der Waals surface area contributed by atoms with Crippen molar-refractivity contribution in [3.63, 3.8) is 0 Å². The smallest absolute Gasteiger partial charge is 0.222 e. The van der Waals surface area contributed by atoms with Crippen LogP contribution in [0, 0.1) is 5.95 Å². The van der Waals surface area contributed by atoms with Crippen molar-refractivity contribution in [2.75, 3.05) is 63.1 Å². The molecule has 3 fully saturated rings. The summed E-state index contributed by atoms with van der Waals surface area (Å²) < 4.78 is 28.7. The third-order valence-electron chi connectivity index (χ3n) is 15.8. The standard InChI is InChI=1S/C23H33N7O2Si.C17H19N7O.C16H20FN5OSi.C7H14N2O/c1-17(31)29-10-6-7-18(15-29)27-22-19(8-5-9-24-22)20-13-25-23-21(28-20)14-26-30(23)16-32-11-12-33(2,3)4;1-11(25)24-7-3-4-12(10-24)21-16-13(5-2-6-18-16)14-8-19-17-15(22-14)9-20-23-17;1-24(2,3)8-7-23-11-22-16-14(10-20-22)21-13(9-19-16)12-5-4-6-18-15(12)17;1-6(10)9-4-2-3-7(8)5-9/h5,8-9,13-14,18H,6-7,10-12,15-16H2,1-4H3,(H,24,27);2,5-6,8-9,12H,3-4,7,10H2,1H3,(H,18,21)(H,19,20,23);4-6,9-10H,7-8,11H2,1-3H3;7H,2-5,8H2,1H3/t18-;12-;;7-/m00.0/s1. The highest BCUT2D eigenvalue weighted by molar-refractivity contribution is 6.76. The highest BCUT2D eigenvalue weighted by Crippen LogP contribution is 2.29. The maximum atomic E-state index is 13.8. The number of carbonyl (C=O) groups is 3. The Balaban J connectivity index is 0.000000153. The first-order valence-electron chi connectivity index (χ1n) is 31.4. The number of aromatic amines is 1. The fourth-order valence-electron chi connectivity index (χ4n) is 10.6. The second-order valence-electron chi connectivity index (χ2n) is 25.7. The molecular weight excluding hydrogens is 1210 g/mol. The van der Waals surface area contributed by atoms with Gasteiger partial charge in [-0.2, -0.15) is 19.7 Å². The van der Waals surface area contributed by atoms with Gasteiger partial charge in [-0.1, -0.05) is 39.3 Å². The van der Waals surface area contributed by atoms with Gasteiger partial charge in [0, 0.05) is 137 Å². The number of piperidine rings is 3. The molecule has 3 aliphatic rings. The average Bonchev–Trinajstić information content (AvgIpc) is 1.71. The van der Waals surface area contributed by atoms with Crippen LogP contribution in [0.4, 0.5) is 16.0 Å². The van der Waals surface area contributed by atoms with E-state index < -0.39 is 22.1 Å². The van der Waals surface area contributed by atoms with Crippen molar-refractivity contribution in [1.29, 1.82) is 0 Å². The molecule has 12 rings (SSSR count). The minimum absolute atomic E-state index is 0.112. The van der Waals surface area contributed by atoms with E-state index in [9.17, 15) is 18.8 Å². The highest BCUT2D eigenvalue weighted by Gasteiger charge is 2.26. The third kappa shape index (κ3) is 19.2. The lowest BCUT2D eigenvalue weighted by atomic mass is 10.0. The summed E-state index contributed by atoms with van der Waals surface area (Å²) in [4.78, 5) is 79.6. The number of halogens is 1. The van der Waals surface area contributed by atoms with Crippen LogP contribution in [0.5, 0.6) is 0 Å². The molecule has 0 unspecified atom stereocenters. The molecule has 0 aromatic carbocycles. The summed E-state index contributed by atoms with van der Waals surface area (Å²) in [5.41, 5.74) is 13.7. The number of hydrogen-bond donors (Lipinski definition) is 4. The monoisotopic (exact) mass is 1290 g/mol. The first-order chi connectivity index (χ1) is 44.1. The first-order valence-corrected chi connectivity index (χ1v) is 38.8. The number of hydrogen-bond acceptors (Lipinski definition) is 20. The second-order valence-corrected chi connectivity index (χ2v) is 36.9. The van der Waals surface area contributed by atoms with Crippen LogP contribution in [-0.2, 0) is 37.3 Å². The largest absolute Gasteiger partial charge is 0.365 e. The summed E-state index contributed by atoms with van der Waals surface area (Å²) in [5, 5.41) is 22.4. The zero-order chi connectivity index (χ0) is 65.4. The number of anilines is 2. The fraction of sp³-hybridized carbons (Fsp3) is 0.476. The Labute approximate surface area is 537 Å². The van der Waals surface area contributed by atoms with E-state index in [1.54, 1.807) is 85.6 Å². The van der Waals surface area contributed by atoms with E-state index in [1.807, 2.05) is 39.0 Å². The van der Waals surface area contributed by atoms with Gasteiger partial charge in [0.05, 0.1) is 59.8 Å². The van der Waals surface area contributed by atoms with Gasteiger partial charge in [0.25, 0.3) is 0 Å². The Morgan fingerprint density at radius 3 is 1.46 bits per heavy atom. The number of pyridine rings is 3. The average molecular weight is 1290 g/mol. The molecule has 3 saturated heterocycles. The van der Waals surface area contributed by atoms with Crippen molar-refractivity contribution in [1.82, 2.24) is 89.3 Å². The van der Waals surface area contributed by atoms with Crippen LogP contribution in [-0.4, -0.2) is 194 Å². The number of ether oxygens (including phenoxy) is 2. The molecule has 9 aromatic heterocycles. The number of H-pyrrole nitrogens is 1. The molecule has 0 saturated carbocycles. The van der Waals surface area contributed by atoms with E-state index in [2.05, 4.69) is 110 Å². The van der Waals surface area contributed by atoms with E-state index >= 15 is 0 Å². The molecule has 3 aliphatic heterocycles. The minimum atomic E-state index is -1.12. The van der Waals surface area contributed by atoms with Crippen LogP contribution in [0.25, 0.3) is 67.3 Å². The highest BCUT2D eigenvalue weighted by atomic mass is 28.3. The van der Waals surface area contributed by atoms with E-state index in [0.29, 0.717) is 72.4 Å². The molecule has 0 bridgehead atoms. The number of nitrogens with two attached hydrogens (primary N) is 1. The number of nitrogens with one attached hydrogen (secondary N) is 3. The van der Waals surface area contributed by atoms with Crippen LogP contribution >= 0.6 is 0 Å². The Kier molecular flexibility index (Phi) is 23.3. The normalized spacial score (nSPS) is 16.9. The van der Waals surface area contributed by atoms with Crippen molar-refractivity contribution in [3.05, 3.63) is 98.1 Å². The summed E-state index contributed by atoms with van der Waals surface area (Å²) in [6.45, 7) is 25.6. The lowest BCUT2D eigenvalue weighted by Gasteiger charge is -2.33. The maximum absolute atomic E-state index is 13.8. The molecular formula is C63H86FN21O5Si2. The number of carbonyl (C=O) groups excluding carboxylic acids is 3. The number of rotatable bonds is 17. The van der Waals surface area contributed by atoms with E-state index in [1.165, 1.54) is 12.4 Å². The van der Waals surface area contributed by atoms with Gasteiger partial charge in [0.1, 0.15) is 41.6 Å². The van der Waals surface area contributed by atoms with Crippen molar-refractivity contribution in [2.24, 2.45) is 5.73 Å². The minimum Gasteiger partial charge on any atom is -0.365 e. The molecule has 9 aromatic rings. The molecule has 29 heteroatoms. The van der Waals surface area contributed by atoms with E-state index in [0.717, 1.165) is 123 Å². The predicted octanol–water partition coefficient (Wildman–Crippen LogP) is 8.76. The summed E-state index contributed by atoms with van der Waals surface area (Å²) >= 11 is 0. The van der Waals surface area contributed by atoms with Gasteiger partial charge in [-0.05, 0) is 87.0 Å². The number of nitrogens with zero attached hydrogens (tertiary/aromatic N) is 17. The zero-order valence-electron chi connectivity index (χ0n) is 54.2. The molecule has 3 amide bonds. The Morgan fingerprint density at radius 1 is 0.565 bits per heavy atom. The van der Waals surface area contributed by atoms with Crippen molar-refractivity contribution < 1.29 is 28.2 Å². The molecule has 5 N–H and O–H groups in total. The van der Waals surface area contributed by atoms with Gasteiger partial charge < -0.3 is 40.5 Å². The Morgan fingerprint density at radius 2 is 1.00 bits per heavy atom. The van der Waals surface area contributed by atoms with Gasteiger partial charge in [-0.15, -0.1) is 0 Å². The molecule has 26 nitrogen and oxygen atoms in total. The van der Waals surface area contributed by atoms with E-state index in [4.69, 9.17) is 20.2 Å². The molecule has 3 atom stereocenters. The maximum Gasteiger partial charge on any atom is 0.222 e. The summed E-state index contributed by atoms with van der Waals surface area (Å²) in [5.74, 6) is 1.33. The molecule has 92 heavy (non-hydrogen) atoms. The Bertz CT molecular complexity index is 3910. The van der Waals surface area contributed by atoms with Crippen molar-refractivity contribution in [2.45, 2.75) is 142 Å². The summed E-state index contributed by atoms with van der Waals surface area (Å²) in [7, 11) is -2.23. The van der Waals surface area contributed by atoms with Gasteiger partial charge >= 0.3 is 0 Å². The lowest BCUT2D eigenvalue weighted by molar-refractivity contribution is -0.130. The number of likely N-dealkylation sites (tertiary alicyclic amines) is 3. The van der Waals surface area contributed by atoms with Crippen LogP contribution in [0.2, 0.25) is 51.4 Å². The molecule has 0 radical (unpaired) electrons. The number of fused-ring (bicyclic) bond motifs is 3. The van der Waals surface area contributed by atoms with Crippen LogP contribution in [0.1, 0.15) is 59.3 Å². The van der Waals surface area contributed by atoms with Gasteiger partial charge in [-0.25, -0.2) is 54.2 Å². The van der Waals surface area contributed by atoms with Crippen molar-refractivity contribution >= 4 is 79.0 Å². The number of amides is 3. The molecule has 12 heterocycles. The zero-order valence-corrected chi connectivity index (χ0v) is 56.2. The molecule has 488 valence electrons. The third-order valence-corrected chi connectivity index (χ3v) is 19.2. The quantitative estimate of drug-likeness (QED) is 0.0376. The first kappa shape index (κ1) is 67.7. The van der Waals surface area contributed by atoms with Gasteiger partial charge in [0.2, 0.25) is 23.7 Å². The summed E-state index contributed by atoms with van der Waals surface area (Å²) in [6.07, 6.45) is 21.0. The SMILES string of the molecule is CC(=O)N1CCC[C@H](N)C1.CC(=O)N1CCC[C@H](Nc2ncccc2-c2cnc3[nH]ncc3n2)C1.CC(=O)N1CCC[C@H](Nc2ncccc2-c2cnc3c(cnn3COCC[Si](C)(C)C)n2)C1.C[Si](C)(C)CCOCn1ncc2nc(-c3cccnc3F)cnc21. The second kappa shape index (κ2) is 31.6.